The number of aliphatic carboxylic acids is 1. The third-order valence-electron chi connectivity index (χ3n) is 6.07. The molecule has 1 unspecified atom stereocenters. The van der Waals surface area contributed by atoms with E-state index in [2.05, 4.69) is 15.6 Å². The van der Waals surface area contributed by atoms with Crippen molar-refractivity contribution in [2.75, 3.05) is 43.5 Å². The van der Waals surface area contributed by atoms with Crippen LogP contribution in [0.4, 0.5) is 16.2 Å². The second-order valence-corrected chi connectivity index (χ2v) is 9.49. The van der Waals surface area contributed by atoms with E-state index in [1.54, 1.807) is 47.5 Å². The zero-order chi connectivity index (χ0) is 27.1. The SMILES string of the molecule is COC(=O)Nc1cc(C(=O)NC(CC(=O)O)c2cccs2)ccc1N1CCN(C(=O)c2cccnc2)CC1. The highest BCUT2D eigenvalue weighted by molar-refractivity contribution is 7.10. The maximum atomic E-state index is 13.1. The fourth-order valence-corrected chi connectivity index (χ4v) is 4.94. The van der Waals surface area contributed by atoms with Gasteiger partial charge in [0.25, 0.3) is 11.8 Å². The van der Waals surface area contributed by atoms with Gasteiger partial charge in [0.15, 0.2) is 0 Å². The topological polar surface area (TPSA) is 141 Å². The second kappa shape index (κ2) is 12.2. The van der Waals surface area contributed by atoms with Crippen LogP contribution in [0.2, 0.25) is 0 Å². The number of pyridine rings is 1. The number of piperazine rings is 1. The molecule has 0 saturated carbocycles. The molecule has 1 aliphatic rings. The maximum Gasteiger partial charge on any atom is 0.411 e. The zero-order valence-corrected chi connectivity index (χ0v) is 21.4. The van der Waals surface area contributed by atoms with Crippen molar-refractivity contribution in [1.82, 2.24) is 15.2 Å². The van der Waals surface area contributed by atoms with E-state index >= 15 is 0 Å². The van der Waals surface area contributed by atoms with Gasteiger partial charge in [-0.3, -0.25) is 24.7 Å². The van der Waals surface area contributed by atoms with Crippen molar-refractivity contribution in [3.8, 4) is 0 Å². The molecule has 1 fully saturated rings. The molecule has 198 valence electrons. The summed E-state index contributed by atoms with van der Waals surface area (Å²) in [5.74, 6) is -1.61. The van der Waals surface area contributed by atoms with Gasteiger partial charge in [-0.05, 0) is 41.8 Å². The Morgan fingerprint density at radius 1 is 1.08 bits per heavy atom. The molecular formula is C26H27N5O6S. The van der Waals surface area contributed by atoms with Crippen LogP contribution < -0.4 is 15.5 Å². The molecule has 11 nitrogen and oxygen atoms in total. The maximum absolute atomic E-state index is 13.1. The van der Waals surface area contributed by atoms with Crippen molar-refractivity contribution in [2.24, 2.45) is 0 Å². The molecule has 2 aromatic heterocycles. The van der Waals surface area contributed by atoms with Crippen LogP contribution in [0.15, 0.2) is 60.2 Å². The Hall–Kier alpha value is -4.45. The van der Waals surface area contributed by atoms with Gasteiger partial charge in [-0.1, -0.05) is 6.07 Å². The predicted molar refractivity (Wildman–Crippen MR) is 142 cm³/mol. The van der Waals surface area contributed by atoms with Crippen LogP contribution in [0.5, 0.6) is 0 Å². The summed E-state index contributed by atoms with van der Waals surface area (Å²) in [5, 5.41) is 16.5. The van der Waals surface area contributed by atoms with Crippen LogP contribution in [-0.2, 0) is 9.53 Å². The molecule has 1 atom stereocenters. The van der Waals surface area contributed by atoms with Crippen molar-refractivity contribution in [3.63, 3.8) is 0 Å². The minimum atomic E-state index is -1.03. The van der Waals surface area contributed by atoms with Gasteiger partial charge in [-0.25, -0.2) is 4.79 Å². The minimum Gasteiger partial charge on any atom is -0.481 e. The molecule has 4 rings (SSSR count). The quantitative estimate of drug-likeness (QED) is 0.398. The van der Waals surface area contributed by atoms with Gasteiger partial charge in [0, 0.05) is 49.0 Å². The molecular weight excluding hydrogens is 510 g/mol. The van der Waals surface area contributed by atoms with E-state index in [-0.39, 0.29) is 17.9 Å². The monoisotopic (exact) mass is 537 g/mol. The number of carbonyl (C=O) groups is 4. The number of anilines is 2. The average Bonchev–Trinajstić information content (AvgIpc) is 3.48. The Labute approximate surface area is 223 Å². The van der Waals surface area contributed by atoms with Crippen molar-refractivity contribution in [1.29, 1.82) is 0 Å². The second-order valence-electron chi connectivity index (χ2n) is 8.51. The lowest BCUT2D eigenvalue weighted by Gasteiger charge is -2.37. The number of hydrogen-bond acceptors (Lipinski definition) is 8. The Morgan fingerprint density at radius 2 is 1.87 bits per heavy atom. The minimum absolute atomic E-state index is 0.0978. The largest absolute Gasteiger partial charge is 0.481 e. The number of carboxylic acid groups (broad SMARTS) is 1. The molecule has 1 aliphatic heterocycles. The molecule has 12 heteroatoms. The van der Waals surface area contributed by atoms with Gasteiger partial charge < -0.3 is 25.0 Å². The first-order valence-corrected chi connectivity index (χ1v) is 12.7. The van der Waals surface area contributed by atoms with E-state index in [9.17, 15) is 24.3 Å². The summed E-state index contributed by atoms with van der Waals surface area (Å²) in [6, 6.07) is 11.2. The van der Waals surface area contributed by atoms with Crippen LogP contribution in [0.1, 0.15) is 38.1 Å². The lowest BCUT2D eigenvalue weighted by molar-refractivity contribution is -0.137. The number of benzene rings is 1. The van der Waals surface area contributed by atoms with Gasteiger partial charge in [-0.2, -0.15) is 0 Å². The van der Waals surface area contributed by atoms with Crippen LogP contribution in [0.25, 0.3) is 0 Å². The summed E-state index contributed by atoms with van der Waals surface area (Å²) in [6.45, 7) is 1.94. The normalized spacial score (nSPS) is 13.9. The molecule has 0 radical (unpaired) electrons. The fraction of sp³-hybridized carbons (Fsp3) is 0.269. The zero-order valence-electron chi connectivity index (χ0n) is 20.6. The van der Waals surface area contributed by atoms with E-state index in [0.717, 1.165) is 4.88 Å². The highest BCUT2D eigenvalue weighted by Gasteiger charge is 2.25. The lowest BCUT2D eigenvalue weighted by atomic mass is 10.1. The number of nitrogens with zero attached hydrogens (tertiary/aromatic N) is 3. The molecule has 0 aliphatic carbocycles. The first-order valence-electron chi connectivity index (χ1n) is 11.8. The van der Waals surface area contributed by atoms with Crippen molar-refractivity contribution in [3.05, 3.63) is 76.2 Å². The number of methoxy groups -OCH3 is 1. The number of amides is 3. The lowest BCUT2D eigenvalue weighted by Crippen LogP contribution is -2.49. The third-order valence-corrected chi connectivity index (χ3v) is 7.05. The molecule has 3 aromatic rings. The summed E-state index contributed by atoms with van der Waals surface area (Å²) < 4.78 is 4.76. The molecule has 1 aromatic carbocycles. The first-order chi connectivity index (χ1) is 18.4. The van der Waals surface area contributed by atoms with Crippen molar-refractivity contribution in [2.45, 2.75) is 12.5 Å². The fourth-order valence-electron chi connectivity index (χ4n) is 4.16. The van der Waals surface area contributed by atoms with Crippen molar-refractivity contribution >= 4 is 46.6 Å². The molecule has 0 bridgehead atoms. The average molecular weight is 538 g/mol. The summed E-state index contributed by atoms with van der Waals surface area (Å²) >= 11 is 1.36. The molecule has 0 spiro atoms. The summed E-state index contributed by atoms with van der Waals surface area (Å²) in [5.41, 5.74) is 1.80. The highest BCUT2D eigenvalue weighted by atomic mass is 32.1. The molecule has 3 N–H and O–H groups in total. The van der Waals surface area contributed by atoms with E-state index in [1.165, 1.54) is 30.7 Å². The van der Waals surface area contributed by atoms with Crippen LogP contribution >= 0.6 is 11.3 Å². The Kier molecular flexibility index (Phi) is 8.54. The van der Waals surface area contributed by atoms with Crippen LogP contribution in [-0.4, -0.2) is 72.2 Å². The number of ether oxygens (including phenoxy) is 1. The standard InChI is InChI=1S/C26H27N5O6S/c1-37-26(36)29-19-14-17(24(34)28-20(15-23(32)33)22-5-3-13-38-22)6-7-21(19)30-9-11-31(12-10-30)25(35)18-4-2-8-27-16-18/h2-8,13-14,16,20H,9-12,15H2,1H3,(H,28,34)(H,29,36)(H,32,33). The molecule has 1 saturated heterocycles. The Morgan fingerprint density at radius 3 is 2.50 bits per heavy atom. The molecule has 38 heavy (non-hydrogen) atoms. The van der Waals surface area contributed by atoms with Gasteiger partial charge in [0.05, 0.1) is 36.5 Å². The highest BCUT2D eigenvalue weighted by Crippen LogP contribution is 2.30. The number of thiophene rings is 1. The Bertz CT molecular complexity index is 1290. The van der Waals surface area contributed by atoms with Gasteiger partial charge in [0.2, 0.25) is 0 Å². The number of carbonyl (C=O) groups excluding carboxylic acids is 3. The molecule has 3 amide bonds. The van der Waals surface area contributed by atoms with Crippen molar-refractivity contribution < 1.29 is 29.0 Å². The van der Waals surface area contributed by atoms with Gasteiger partial charge in [-0.15, -0.1) is 11.3 Å². The summed E-state index contributed by atoms with van der Waals surface area (Å²) in [7, 11) is 1.24. The third kappa shape index (κ3) is 6.45. The first kappa shape index (κ1) is 26.6. The number of nitrogens with one attached hydrogen (secondary N) is 2. The van der Waals surface area contributed by atoms with E-state index in [1.807, 2.05) is 10.3 Å². The number of carboxylic acids is 1. The number of hydrogen-bond donors (Lipinski definition) is 3. The van der Waals surface area contributed by atoms with E-state index in [0.29, 0.717) is 43.1 Å². The van der Waals surface area contributed by atoms with Gasteiger partial charge >= 0.3 is 12.1 Å². The van der Waals surface area contributed by atoms with Gasteiger partial charge in [0.1, 0.15) is 0 Å². The Balaban J connectivity index is 1.51. The predicted octanol–water partition coefficient (Wildman–Crippen LogP) is 3.23. The van der Waals surface area contributed by atoms with E-state index < -0.39 is 24.0 Å². The summed E-state index contributed by atoms with van der Waals surface area (Å²) in [6.07, 6.45) is 2.19. The van der Waals surface area contributed by atoms with E-state index in [4.69, 9.17) is 4.74 Å². The summed E-state index contributed by atoms with van der Waals surface area (Å²) in [4.78, 5) is 57.8. The van der Waals surface area contributed by atoms with Crippen LogP contribution in [0.3, 0.4) is 0 Å². The number of aromatic nitrogens is 1. The smallest absolute Gasteiger partial charge is 0.411 e. The number of rotatable bonds is 8. The van der Waals surface area contributed by atoms with Crippen LogP contribution in [0, 0.1) is 0 Å². The molecule has 3 heterocycles.